The van der Waals surface area contributed by atoms with Crippen LogP contribution in [0.4, 0.5) is 0 Å². The Kier molecular flexibility index (Phi) is 1.46. The summed E-state index contributed by atoms with van der Waals surface area (Å²) in [6, 6.07) is 2.58. The van der Waals surface area contributed by atoms with Crippen molar-refractivity contribution in [1.29, 1.82) is 0 Å². The van der Waals surface area contributed by atoms with Gasteiger partial charge in [0.2, 0.25) is 0 Å². The molecule has 2 aromatic rings. The predicted octanol–water partition coefficient (Wildman–Crippen LogP) is 1.96. The van der Waals surface area contributed by atoms with E-state index >= 15 is 0 Å². The van der Waals surface area contributed by atoms with Crippen molar-refractivity contribution >= 4 is 11.2 Å². The van der Waals surface area contributed by atoms with E-state index in [0.717, 1.165) is 5.65 Å². The molecule has 3 nitrogen and oxygen atoms in total. The van der Waals surface area contributed by atoms with Crippen LogP contribution >= 0.6 is 0 Å². The molecule has 2 aromatic heterocycles. The quantitative estimate of drug-likeness (QED) is 0.630. The first kappa shape index (κ1) is 7.40. The molecular weight excluding hydrogens is 150 g/mol. The molecule has 0 atom stereocenters. The zero-order chi connectivity index (χ0) is 8.72. The monoisotopic (exact) mass is 163 g/mol. The molecule has 0 bridgehead atoms. The maximum Gasteiger partial charge on any atom is 0.158 e. The average Bonchev–Trinajstić information content (AvgIpc) is 2.53. The fraction of sp³-hybridized carbons (Fsp3) is 0.444. The van der Waals surface area contributed by atoms with Crippen LogP contribution in [-0.4, -0.2) is 14.1 Å². The van der Waals surface area contributed by atoms with Gasteiger partial charge in [-0.2, -0.15) is 0 Å². The molecule has 0 radical (unpaired) electrons. The summed E-state index contributed by atoms with van der Waals surface area (Å²) in [5, 5.41) is 0. The average molecular weight is 163 g/mol. The molecule has 0 aliphatic rings. The molecule has 0 amide bonds. The Hall–Kier alpha value is -1.25. The van der Waals surface area contributed by atoms with Crippen molar-refractivity contribution < 1.29 is 0 Å². The molecule has 0 spiro atoms. The number of hydrogen-bond donors (Lipinski definition) is 0. The summed E-state index contributed by atoms with van der Waals surface area (Å²) in [5.74, 6) is 0. The number of hydrogen-bond acceptors (Lipinski definition) is 1. The van der Waals surface area contributed by atoms with Gasteiger partial charge in [0.1, 0.15) is 0 Å². The lowest BCUT2D eigenvalue weighted by Gasteiger charge is -2.05. The largest absolute Gasteiger partial charge is 0.332 e. The molecule has 0 fully saturated rings. The Balaban J connectivity index is 2.71. The minimum Gasteiger partial charge on any atom is -0.332 e. The van der Waals surface area contributed by atoms with Gasteiger partial charge in [0.15, 0.2) is 5.65 Å². The van der Waals surface area contributed by atoms with Crippen LogP contribution in [0, 0.1) is 0 Å². The third kappa shape index (κ3) is 0.858. The van der Waals surface area contributed by atoms with Crippen molar-refractivity contribution in [2.24, 2.45) is 7.05 Å². The molecule has 2 heterocycles. The van der Waals surface area contributed by atoms with E-state index in [1.165, 1.54) is 5.52 Å². The van der Waals surface area contributed by atoms with Crippen molar-refractivity contribution in [2.45, 2.75) is 19.9 Å². The van der Waals surface area contributed by atoms with Crippen molar-refractivity contribution in [3.05, 3.63) is 18.6 Å². The van der Waals surface area contributed by atoms with Crippen LogP contribution in [0.3, 0.4) is 0 Å². The highest BCUT2D eigenvalue weighted by atomic mass is 15.1. The van der Waals surface area contributed by atoms with Gasteiger partial charge >= 0.3 is 0 Å². The van der Waals surface area contributed by atoms with Crippen LogP contribution in [0.2, 0.25) is 0 Å². The first-order valence-electron chi connectivity index (χ1n) is 4.18. The van der Waals surface area contributed by atoms with Crippen LogP contribution in [0.25, 0.3) is 11.2 Å². The van der Waals surface area contributed by atoms with E-state index in [1.807, 2.05) is 17.9 Å². The van der Waals surface area contributed by atoms with Crippen molar-refractivity contribution in [3.63, 3.8) is 0 Å². The maximum absolute atomic E-state index is 4.33. The fourth-order valence-electron chi connectivity index (χ4n) is 1.46. The standard InChI is InChI=1S/C9H13N3/c1-7(2)12-5-4-8-9(12)10-6-11(8)3/h4-7H,1-3H3. The molecule has 64 valence electrons. The molecule has 0 N–H and O–H groups in total. The third-order valence-electron chi connectivity index (χ3n) is 2.16. The molecule has 0 unspecified atom stereocenters. The van der Waals surface area contributed by atoms with E-state index in [4.69, 9.17) is 0 Å². The molecule has 12 heavy (non-hydrogen) atoms. The normalized spacial score (nSPS) is 11.7. The molecule has 3 heteroatoms. The van der Waals surface area contributed by atoms with Crippen LogP contribution in [0.1, 0.15) is 19.9 Å². The Morgan fingerprint density at radius 2 is 2.17 bits per heavy atom. The number of nitrogens with zero attached hydrogens (tertiary/aromatic N) is 3. The number of imidazole rings is 1. The van der Waals surface area contributed by atoms with Crippen LogP contribution < -0.4 is 0 Å². The van der Waals surface area contributed by atoms with Gasteiger partial charge in [0.25, 0.3) is 0 Å². The highest BCUT2D eigenvalue weighted by Crippen LogP contribution is 2.17. The van der Waals surface area contributed by atoms with Crippen molar-refractivity contribution in [3.8, 4) is 0 Å². The summed E-state index contributed by atoms with van der Waals surface area (Å²) in [5.41, 5.74) is 2.27. The fourth-order valence-corrected chi connectivity index (χ4v) is 1.46. The number of aryl methyl sites for hydroxylation is 1. The lowest BCUT2D eigenvalue weighted by Crippen LogP contribution is -1.97. The van der Waals surface area contributed by atoms with E-state index < -0.39 is 0 Å². The van der Waals surface area contributed by atoms with E-state index in [2.05, 4.69) is 35.7 Å². The molecule has 0 saturated heterocycles. The first-order chi connectivity index (χ1) is 5.70. The van der Waals surface area contributed by atoms with E-state index in [9.17, 15) is 0 Å². The van der Waals surface area contributed by atoms with Gasteiger partial charge in [0.05, 0.1) is 11.8 Å². The minimum absolute atomic E-state index is 0.484. The highest BCUT2D eigenvalue weighted by Gasteiger charge is 2.06. The summed E-state index contributed by atoms with van der Waals surface area (Å²) in [6.45, 7) is 4.32. The second kappa shape index (κ2) is 2.37. The third-order valence-corrected chi connectivity index (χ3v) is 2.16. The Bertz CT molecular complexity index is 395. The first-order valence-corrected chi connectivity index (χ1v) is 4.18. The predicted molar refractivity (Wildman–Crippen MR) is 49.1 cm³/mol. The molecule has 0 saturated carbocycles. The zero-order valence-electron chi connectivity index (χ0n) is 7.65. The van der Waals surface area contributed by atoms with Gasteiger partial charge in [-0.05, 0) is 19.9 Å². The van der Waals surface area contributed by atoms with Gasteiger partial charge in [-0.3, -0.25) is 0 Å². The summed E-state index contributed by atoms with van der Waals surface area (Å²) in [7, 11) is 2.01. The maximum atomic E-state index is 4.33. The lowest BCUT2D eigenvalue weighted by atomic mass is 10.4. The molecule has 2 rings (SSSR count). The van der Waals surface area contributed by atoms with Gasteiger partial charge < -0.3 is 9.13 Å². The highest BCUT2D eigenvalue weighted by molar-refractivity contribution is 5.72. The van der Waals surface area contributed by atoms with Crippen molar-refractivity contribution in [2.75, 3.05) is 0 Å². The van der Waals surface area contributed by atoms with Gasteiger partial charge in [0, 0.05) is 19.3 Å². The Morgan fingerprint density at radius 3 is 2.83 bits per heavy atom. The molecule has 0 aliphatic heterocycles. The van der Waals surface area contributed by atoms with Crippen LogP contribution in [-0.2, 0) is 7.05 Å². The van der Waals surface area contributed by atoms with Gasteiger partial charge in [-0.25, -0.2) is 4.98 Å². The zero-order valence-corrected chi connectivity index (χ0v) is 7.65. The van der Waals surface area contributed by atoms with Gasteiger partial charge in [-0.15, -0.1) is 0 Å². The minimum atomic E-state index is 0.484. The molecule has 0 aromatic carbocycles. The van der Waals surface area contributed by atoms with E-state index in [1.54, 1.807) is 0 Å². The van der Waals surface area contributed by atoms with Crippen LogP contribution in [0.5, 0.6) is 0 Å². The smallest absolute Gasteiger partial charge is 0.158 e. The Morgan fingerprint density at radius 1 is 1.42 bits per heavy atom. The summed E-state index contributed by atoms with van der Waals surface area (Å²) < 4.78 is 4.21. The summed E-state index contributed by atoms with van der Waals surface area (Å²) >= 11 is 0. The SMILES string of the molecule is CC(C)n1ccc2c1ncn2C. The summed E-state index contributed by atoms with van der Waals surface area (Å²) in [4.78, 5) is 4.33. The number of aromatic nitrogens is 3. The second-order valence-corrected chi connectivity index (χ2v) is 3.38. The van der Waals surface area contributed by atoms with Crippen molar-refractivity contribution in [1.82, 2.24) is 14.1 Å². The van der Waals surface area contributed by atoms with E-state index in [0.29, 0.717) is 6.04 Å². The Labute approximate surface area is 71.6 Å². The topological polar surface area (TPSA) is 22.8 Å². The number of fused-ring (bicyclic) bond motifs is 1. The lowest BCUT2D eigenvalue weighted by molar-refractivity contribution is 0.618. The van der Waals surface area contributed by atoms with Crippen LogP contribution in [0.15, 0.2) is 18.6 Å². The molecular formula is C9H13N3. The second-order valence-electron chi connectivity index (χ2n) is 3.38. The number of rotatable bonds is 1. The molecule has 0 aliphatic carbocycles. The van der Waals surface area contributed by atoms with E-state index in [-0.39, 0.29) is 0 Å². The summed E-state index contributed by atoms with van der Waals surface area (Å²) in [6.07, 6.45) is 3.94. The van der Waals surface area contributed by atoms with Gasteiger partial charge in [-0.1, -0.05) is 0 Å².